The van der Waals surface area contributed by atoms with E-state index in [0.29, 0.717) is 12.1 Å². The summed E-state index contributed by atoms with van der Waals surface area (Å²) in [6.45, 7) is 2.43. The summed E-state index contributed by atoms with van der Waals surface area (Å²) in [5.74, 6) is 1.70. The van der Waals surface area contributed by atoms with Crippen LogP contribution in [0, 0.1) is 0 Å². The molecule has 1 aliphatic rings. The predicted molar refractivity (Wildman–Crippen MR) is 59.8 cm³/mol. The van der Waals surface area contributed by atoms with Gasteiger partial charge in [0.05, 0.1) is 0 Å². The number of rotatable bonds is 5. The van der Waals surface area contributed by atoms with Crippen LogP contribution in [0.1, 0.15) is 32.6 Å². The Balaban J connectivity index is 2.13. The van der Waals surface area contributed by atoms with Crippen molar-refractivity contribution < 1.29 is 9.32 Å². The fraction of sp³-hybridized carbons (Fsp3) is 1.00. The zero-order chi connectivity index (χ0) is 10.4. The third-order valence-corrected chi connectivity index (χ3v) is 4.09. The van der Waals surface area contributed by atoms with Gasteiger partial charge in [-0.2, -0.15) is 0 Å². The molecule has 0 saturated carbocycles. The first-order chi connectivity index (χ1) is 6.72. The van der Waals surface area contributed by atoms with E-state index in [1.54, 1.807) is 0 Å². The average molecular weight is 219 g/mol. The smallest absolute Gasteiger partial charge is 0.0431 e. The first-order valence-corrected chi connectivity index (χ1v) is 6.93. The van der Waals surface area contributed by atoms with E-state index >= 15 is 0 Å². The van der Waals surface area contributed by atoms with Crippen molar-refractivity contribution in [3.05, 3.63) is 0 Å². The maximum atomic E-state index is 11.1. The van der Waals surface area contributed by atoms with E-state index in [2.05, 4.69) is 12.2 Å². The molecule has 0 amide bonds. The second kappa shape index (κ2) is 6.53. The molecular weight excluding hydrogens is 198 g/mol. The highest BCUT2D eigenvalue weighted by Crippen LogP contribution is 2.10. The summed E-state index contributed by atoms with van der Waals surface area (Å²) >= 11 is 0. The third-order valence-electron chi connectivity index (χ3n) is 2.70. The summed E-state index contributed by atoms with van der Waals surface area (Å²) in [7, 11) is -0.561. The predicted octanol–water partition coefficient (Wildman–Crippen LogP) is 0.648. The van der Waals surface area contributed by atoms with Crippen LogP contribution in [0.4, 0.5) is 0 Å². The van der Waals surface area contributed by atoms with Gasteiger partial charge in [0, 0.05) is 41.0 Å². The molecule has 0 bridgehead atoms. The molecule has 1 fully saturated rings. The van der Waals surface area contributed by atoms with Crippen molar-refractivity contribution in [2.45, 2.75) is 44.7 Å². The van der Waals surface area contributed by atoms with Crippen LogP contribution in [0.3, 0.4) is 0 Å². The topological polar surface area (TPSA) is 49.3 Å². The summed E-state index contributed by atoms with van der Waals surface area (Å²) < 4.78 is 11.1. The summed E-state index contributed by atoms with van der Waals surface area (Å²) in [5.41, 5.74) is 0. The van der Waals surface area contributed by atoms with Crippen LogP contribution in [0.25, 0.3) is 0 Å². The molecule has 2 N–H and O–H groups in total. The van der Waals surface area contributed by atoms with Gasteiger partial charge in [0.2, 0.25) is 0 Å². The second-order valence-electron chi connectivity index (χ2n) is 4.06. The Morgan fingerprint density at radius 2 is 2.14 bits per heavy atom. The molecule has 4 heteroatoms. The van der Waals surface area contributed by atoms with Crippen LogP contribution < -0.4 is 5.32 Å². The molecular formula is C10H21NO2S. The van der Waals surface area contributed by atoms with Crippen LogP contribution in [0.5, 0.6) is 0 Å². The van der Waals surface area contributed by atoms with E-state index in [1.807, 2.05) is 0 Å². The van der Waals surface area contributed by atoms with Crippen molar-refractivity contribution in [2.24, 2.45) is 0 Å². The molecule has 14 heavy (non-hydrogen) atoms. The minimum Gasteiger partial charge on any atom is -0.396 e. The molecule has 1 unspecified atom stereocenters. The van der Waals surface area contributed by atoms with Crippen LogP contribution >= 0.6 is 0 Å². The molecule has 3 nitrogen and oxygen atoms in total. The summed E-state index contributed by atoms with van der Waals surface area (Å²) in [4.78, 5) is 0. The van der Waals surface area contributed by atoms with Crippen LogP contribution in [0.15, 0.2) is 0 Å². The van der Waals surface area contributed by atoms with Gasteiger partial charge < -0.3 is 10.4 Å². The third kappa shape index (κ3) is 4.53. The van der Waals surface area contributed by atoms with Gasteiger partial charge in [-0.15, -0.1) is 0 Å². The molecule has 0 aliphatic carbocycles. The lowest BCUT2D eigenvalue weighted by Crippen LogP contribution is -2.40. The molecule has 1 heterocycles. The lowest BCUT2D eigenvalue weighted by Gasteiger charge is -2.26. The SMILES string of the molecule is CC(CCCO)NC1CCS(=O)CC1. The maximum Gasteiger partial charge on any atom is 0.0431 e. The van der Waals surface area contributed by atoms with E-state index in [9.17, 15) is 4.21 Å². The number of hydrogen-bond acceptors (Lipinski definition) is 3. The van der Waals surface area contributed by atoms with E-state index < -0.39 is 10.8 Å². The van der Waals surface area contributed by atoms with E-state index in [4.69, 9.17) is 5.11 Å². The Hall–Kier alpha value is 0.0700. The van der Waals surface area contributed by atoms with Gasteiger partial charge >= 0.3 is 0 Å². The Morgan fingerprint density at radius 3 is 2.71 bits per heavy atom. The summed E-state index contributed by atoms with van der Waals surface area (Å²) in [6, 6.07) is 1.01. The number of aliphatic hydroxyl groups excluding tert-OH is 1. The standard InChI is InChI=1S/C10H21NO2S/c1-9(3-2-6-12)11-10-4-7-14(13)8-5-10/h9-12H,2-8H2,1H3. The molecule has 1 aliphatic heterocycles. The van der Waals surface area contributed by atoms with Crippen molar-refractivity contribution in [1.82, 2.24) is 5.32 Å². The first kappa shape index (κ1) is 12.1. The Labute approximate surface area is 88.7 Å². The van der Waals surface area contributed by atoms with E-state index in [-0.39, 0.29) is 6.61 Å². The van der Waals surface area contributed by atoms with E-state index in [1.165, 1.54) is 0 Å². The molecule has 0 aromatic carbocycles. The zero-order valence-electron chi connectivity index (χ0n) is 8.87. The highest BCUT2D eigenvalue weighted by Gasteiger charge is 2.18. The number of aliphatic hydroxyl groups is 1. The summed E-state index contributed by atoms with van der Waals surface area (Å²) in [6.07, 6.45) is 3.97. The molecule has 1 saturated heterocycles. The molecule has 0 aromatic heterocycles. The molecule has 1 rings (SSSR count). The van der Waals surface area contributed by atoms with Crippen LogP contribution in [0.2, 0.25) is 0 Å². The lowest BCUT2D eigenvalue weighted by molar-refractivity contribution is 0.272. The lowest BCUT2D eigenvalue weighted by atomic mass is 10.1. The highest BCUT2D eigenvalue weighted by atomic mass is 32.2. The summed E-state index contributed by atoms with van der Waals surface area (Å²) in [5, 5.41) is 12.2. The van der Waals surface area contributed by atoms with Gasteiger partial charge in [-0.3, -0.25) is 4.21 Å². The van der Waals surface area contributed by atoms with Gasteiger partial charge in [0.25, 0.3) is 0 Å². The molecule has 0 radical (unpaired) electrons. The van der Waals surface area contributed by atoms with Crippen molar-refractivity contribution in [3.8, 4) is 0 Å². The monoisotopic (exact) mass is 219 g/mol. The van der Waals surface area contributed by atoms with Gasteiger partial charge in [-0.05, 0) is 32.6 Å². The fourth-order valence-electron chi connectivity index (χ4n) is 1.84. The van der Waals surface area contributed by atoms with Crippen molar-refractivity contribution in [3.63, 3.8) is 0 Å². The molecule has 0 aromatic rings. The Kier molecular flexibility index (Phi) is 5.67. The minimum atomic E-state index is -0.561. The van der Waals surface area contributed by atoms with Crippen molar-refractivity contribution in [1.29, 1.82) is 0 Å². The number of nitrogens with one attached hydrogen (secondary N) is 1. The van der Waals surface area contributed by atoms with Gasteiger partial charge in [0.15, 0.2) is 0 Å². The highest BCUT2D eigenvalue weighted by molar-refractivity contribution is 7.85. The minimum absolute atomic E-state index is 0.278. The van der Waals surface area contributed by atoms with Gasteiger partial charge in [-0.1, -0.05) is 0 Å². The quantitative estimate of drug-likeness (QED) is 0.714. The maximum absolute atomic E-state index is 11.1. The largest absolute Gasteiger partial charge is 0.396 e. The fourth-order valence-corrected chi connectivity index (χ4v) is 3.14. The average Bonchev–Trinajstić information content (AvgIpc) is 2.18. The van der Waals surface area contributed by atoms with Gasteiger partial charge in [0.1, 0.15) is 0 Å². The van der Waals surface area contributed by atoms with Gasteiger partial charge in [-0.25, -0.2) is 0 Å². The second-order valence-corrected chi connectivity index (χ2v) is 5.75. The van der Waals surface area contributed by atoms with Crippen LogP contribution in [-0.2, 0) is 10.8 Å². The van der Waals surface area contributed by atoms with E-state index in [0.717, 1.165) is 37.2 Å². The normalized spacial score (nSPS) is 30.1. The first-order valence-electron chi connectivity index (χ1n) is 5.44. The van der Waals surface area contributed by atoms with Crippen LogP contribution in [-0.4, -0.2) is 39.5 Å². The Bertz CT molecular complexity index is 177. The van der Waals surface area contributed by atoms with Crippen molar-refractivity contribution in [2.75, 3.05) is 18.1 Å². The molecule has 1 atom stereocenters. The number of hydrogen-bond donors (Lipinski definition) is 2. The zero-order valence-corrected chi connectivity index (χ0v) is 9.68. The molecule has 84 valence electrons. The van der Waals surface area contributed by atoms with Crippen molar-refractivity contribution >= 4 is 10.8 Å². The Morgan fingerprint density at radius 1 is 1.50 bits per heavy atom. The molecule has 0 spiro atoms.